The van der Waals surface area contributed by atoms with Gasteiger partial charge in [0, 0.05) is 18.7 Å². The summed E-state index contributed by atoms with van der Waals surface area (Å²) in [5.74, 6) is -0.215. The molecule has 0 saturated carbocycles. The molecule has 1 heterocycles. The van der Waals surface area contributed by atoms with Crippen LogP contribution in [-0.2, 0) is 11.2 Å². The lowest BCUT2D eigenvalue weighted by Crippen LogP contribution is -2.38. The van der Waals surface area contributed by atoms with Gasteiger partial charge in [0.1, 0.15) is 0 Å². The van der Waals surface area contributed by atoms with Crippen molar-refractivity contribution >= 4 is 11.8 Å². The van der Waals surface area contributed by atoms with E-state index in [2.05, 4.69) is 5.32 Å². The van der Waals surface area contributed by atoms with Crippen molar-refractivity contribution in [3.05, 3.63) is 35.4 Å². The molecular formula is C15H21N3O2. The van der Waals surface area contributed by atoms with Crippen LogP contribution < -0.4 is 11.1 Å². The van der Waals surface area contributed by atoms with E-state index in [1.165, 1.54) is 0 Å². The highest BCUT2D eigenvalue weighted by molar-refractivity contribution is 5.96. The van der Waals surface area contributed by atoms with Crippen molar-refractivity contribution in [2.45, 2.75) is 19.3 Å². The van der Waals surface area contributed by atoms with Gasteiger partial charge in [0.25, 0.3) is 5.91 Å². The second-order valence-electron chi connectivity index (χ2n) is 5.01. The molecule has 108 valence electrons. The van der Waals surface area contributed by atoms with Crippen LogP contribution in [0.25, 0.3) is 0 Å². The summed E-state index contributed by atoms with van der Waals surface area (Å²) in [6, 6.07) is 7.31. The minimum atomic E-state index is -0.211. The number of carbonyl (C=O) groups is 2. The van der Waals surface area contributed by atoms with Gasteiger partial charge in [0.05, 0.1) is 6.54 Å². The Balaban J connectivity index is 1.83. The molecule has 1 aromatic carbocycles. The summed E-state index contributed by atoms with van der Waals surface area (Å²) >= 11 is 0. The first kappa shape index (κ1) is 14.5. The average Bonchev–Trinajstić information content (AvgIpc) is 3.00. The van der Waals surface area contributed by atoms with Crippen LogP contribution in [0.5, 0.6) is 0 Å². The lowest BCUT2D eigenvalue weighted by molar-refractivity contribution is -0.129. The Labute approximate surface area is 119 Å². The first-order valence-corrected chi connectivity index (χ1v) is 7.05. The highest BCUT2D eigenvalue weighted by Gasteiger charge is 2.18. The van der Waals surface area contributed by atoms with Gasteiger partial charge in [-0.15, -0.1) is 0 Å². The van der Waals surface area contributed by atoms with E-state index in [4.69, 9.17) is 5.73 Å². The highest BCUT2D eigenvalue weighted by Crippen LogP contribution is 2.07. The molecule has 0 spiro atoms. The number of carbonyl (C=O) groups excluding carboxylic acids is 2. The number of rotatable bonds is 5. The van der Waals surface area contributed by atoms with Crippen molar-refractivity contribution in [3.8, 4) is 0 Å². The summed E-state index contributed by atoms with van der Waals surface area (Å²) in [7, 11) is 0. The fourth-order valence-electron chi connectivity index (χ4n) is 2.33. The zero-order valence-corrected chi connectivity index (χ0v) is 11.6. The van der Waals surface area contributed by atoms with Crippen LogP contribution in [0.3, 0.4) is 0 Å². The number of nitrogens with two attached hydrogens (primary N) is 1. The second-order valence-corrected chi connectivity index (χ2v) is 5.01. The van der Waals surface area contributed by atoms with Gasteiger partial charge in [0.2, 0.25) is 5.91 Å². The van der Waals surface area contributed by atoms with Gasteiger partial charge >= 0.3 is 0 Å². The van der Waals surface area contributed by atoms with Crippen molar-refractivity contribution in [1.29, 1.82) is 0 Å². The Bertz CT molecular complexity index is 465. The zero-order chi connectivity index (χ0) is 14.4. The maximum Gasteiger partial charge on any atom is 0.251 e. The van der Waals surface area contributed by atoms with E-state index in [0.717, 1.165) is 37.9 Å². The third-order valence-electron chi connectivity index (χ3n) is 3.51. The fourth-order valence-corrected chi connectivity index (χ4v) is 2.33. The molecule has 5 nitrogen and oxygen atoms in total. The minimum absolute atomic E-state index is 0.00407. The highest BCUT2D eigenvalue weighted by atomic mass is 16.2. The minimum Gasteiger partial charge on any atom is -0.343 e. The molecule has 1 saturated heterocycles. The Morgan fingerprint density at radius 2 is 1.80 bits per heavy atom. The number of likely N-dealkylation sites (tertiary alicyclic amines) is 1. The van der Waals surface area contributed by atoms with Crippen molar-refractivity contribution < 1.29 is 9.59 Å². The number of benzene rings is 1. The van der Waals surface area contributed by atoms with Gasteiger partial charge < -0.3 is 16.0 Å². The maximum absolute atomic E-state index is 11.9. The predicted octanol–water partition coefficient (Wildman–Crippen LogP) is 0.540. The van der Waals surface area contributed by atoms with Crippen LogP contribution in [0, 0.1) is 0 Å². The smallest absolute Gasteiger partial charge is 0.251 e. The van der Waals surface area contributed by atoms with Gasteiger partial charge in [-0.25, -0.2) is 0 Å². The van der Waals surface area contributed by atoms with Gasteiger partial charge in [-0.3, -0.25) is 9.59 Å². The Kier molecular flexibility index (Phi) is 5.12. The number of hydrogen-bond acceptors (Lipinski definition) is 3. The number of hydrogen-bond donors (Lipinski definition) is 2. The normalized spacial score (nSPS) is 14.3. The quantitative estimate of drug-likeness (QED) is 0.823. The SMILES string of the molecule is NCCc1ccc(C(=O)NCC(=O)N2CCCC2)cc1. The van der Waals surface area contributed by atoms with Gasteiger partial charge in [0.15, 0.2) is 0 Å². The van der Waals surface area contributed by atoms with Crippen LogP contribution >= 0.6 is 0 Å². The van der Waals surface area contributed by atoms with Crippen LogP contribution in [-0.4, -0.2) is 42.9 Å². The van der Waals surface area contributed by atoms with Crippen LogP contribution in [0.2, 0.25) is 0 Å². The van der Waals surface area contributed by atoms with Crippen molar-refractivity contribution in [3.63, 3.8) is 0 Å². The largest absolute Gasteiger partial charge is 0.343 e. The Morgan fingerprint density at radius 3 is 2.40 bits per heavy atom. The molecule has 2 rings (SSSR count). The van der Waals surface area contributed by atoms with E-state index in [1.54, 1.807) is 17.0 Å². The molecule has 0 aliphatic carbocycles. The topological polar surface area (TPSA) is 75.4 Å². The van der Waals surface area contributed by atoms with Gasteiger partial charge in [-0.1, -0.05) is 12.1 Å². The molecule has 0 atom stereocenters. The standard InChI is InChI=1S/C15H21N3O2/c16-8-7-12-3-5-13(6-4-12)15(20)17-11-14(19)18-9-1-2-10-18/h3-6H,1-2,7-11,16H2,(H,17,20). The second kappa shape index (κ2) is 7.05. The first-order chi connectivity index (χ1) is 9.70. The van der Waals surface area contributed by atoms with E-state index in [-0.39, 0.29) is 18.4 Å². The molecule has 2 amide bonds. The van der Waals surface area contributed by atoms with Crippen molar-refractivity contribution in [2.24, 2.45) is 5.73 Å². The lowest BCUT2D eigenvalue weighted by atomic mass is 10.1. The predicted molar refractivity (Wildman–Crippen MR) is 77.3 cm³/mol. The first-order valence-electron chi connectivity index (χ1n) is 7.05. The maximum atomic E-state index is 11.9. The molecule has 1 fully saturated rings. The zero-order valence-electron chi connectivity index (χ0n) is 11.6. The fraction of sp³-hybridized carbons (Fsp3) is 0.467. The lowest BCUT2D eigenvalue weighted by Gasteiger charge is -2.15. The summed E-state index contributed by atoms with van der Waals surface area (Å²) in [4.78, 5) is 25.5. The molecule has 0 bridgehead atoms. The van der Waals surface area contributed by atoms with Crippen molar-refractivity contribution in [2.75, 3.05) is 26.2 Å². The van der Waals surface area contributed by atoms with E-state index in [0.29, 0.717) is 12.1 Å². The van der Waals surface area contributed by atoms with Crippen LogP contribution in [0.4, 0.5) is 0 Å². The molecule has 20 heavy (non-hydrogen) atoms. The molecular weight excluding hydrogens is 254 g/mol. The number of amides is 2. The average molecular weight is 275 g/mol. The molecule has 1 aliphatic heterocycles. The number of nitrogens with zero attached hydrogens (tertiary/aromatic N) is 1. The van der Waals surface area contributed by atoms with Crippen molar-refractivity contribution in [1.82, 2.24) is 10.2 Å². The molecule has 3 N–H and O–H groups in total. The van der Waals surface area contributed by atoms with Gasteiger partial charge in [-0.2, -0.15) is 0 Å². The van der Waals surface area contributed by atoms with E-state index in [1.807, 2.05) is 12.1 Å². The third kappa shape index (κ3) is 3.81. The van der Waals surface area contributed by atoms with E-state index < -0.39 is 0 Å². The van der Waals surface area contributed by atoms with Crippen LogP contribution in [0.1, 0.15) is 28.8 Å². The number of nitrogens with one attached hydrogen (secondary N) is 1. The third-order valence-corrected chi connectivity index (χ3v) is 3.51. The summed E-state index contributed by atoms with van der Waals surface area (Å²) in [5, 5.41) is 2.67. The molecule has 5 heteroatoms. The molecule has 1 aromatic rings. The molecule has 0 aromatic heterocycles. The summed E-state index contributed by atoms with van der Waals surface area (Å²) < 4.78 is 0. The van der Waals surface area contributed by atoms with Gasteiger partial charge in [-0.05, 0) is 43.5 Å². The van der Waals surface area contributed by atoms with E-state index >= 15 is 0 Å². The Hall–Kier alpha value is -1.88. The molecule has 0 radical (unpaired) electrons. The summed E-state index contributed by atoms with van der Waals surface area (Å²) in [5.41, 5.74) is 7.16. The summed E-state index contributed by atoms with van der Waals surface area (Å²) in [6.07, 6.45) is 2.92. The van der Waals surface area contributed by atoms with E-state index in [9.17, 15) is 9.59 Å². The monoisotopic (exact) mass is 275 g/mol. The Morgan fingerprint density at radius 1 is 1.15 bits per heavy atom. The van der Waals surface area contributed by atoms with Crippen LogP contribution in [0.15, 0.2) is 24.3 Å². The molecule has 1 aliphatic rings. The molecule has 0 unspecified atom stereocenters. The summed E-state index contributed by atoms with van der Waals surface area (Å²) in [6.45, 7) is 2.28.